The number of aryl methyl sites for hydroxylation is 1. The van der Waals surface area contributed by atoms with Crippen molar-refractivity contribution in [2.24, 2.45) is 11.8 Å². The smallest absolute Gasteiger partial charge is 0.323 e. The average molecular weight is 536 g/mol. The topological polar surface area (TPSA) is 83.0 Å². The van der Waals surface area contributed by atoms with Gasteiger partial charge in [-0.25, -0.2) is 0 Å². The second-order valence-electron chi connectivity index (χ2n) is 9.81. The Labute approximate surface area is 229 Å². The first-order chi connectivity index (χ1) is 17.7. The van der Waals surface area contributed by atoms with E-state index in [1.807, 2.05) is 39.5 Å². The van der Waals surface area contributed by atoms with Gasteiger partial charge in [0.05, 0.1) is 24.2 Å². The molecule has 7 nitrogen and oxygen atoms in total. The number of aromatic nitrogens is 1. The van der Waals surface area contributed by atoms with Crippen LogP contribution in [-0.4, -0.2) is 70.8 Å². The molecule has 37 heavy (non-hydrogen) atoms. The quantitative estimate of drug-likeness (QED) is 0.387. The molecule has 1 aromatic rings. The second-order valence-corrected chi connectivity index (χ2v) is 10.9. The molecule has 1 aliphatic carbocycles. The summed E-state index contributed by atoms with van der Waals surface area (Å²) < 4.78 is 5.63. The van der Waals surface area contributed by atoms with Gasteiger partial charge in [-0.2, -0.15) is 11.8 Å². The molecule has 210 valence electrons. The van der Waals surface area contributed by atoms with Crippen LogP contribution in [0.2, 0.25) is 0 Å². The summed E-state index contributed by atoms with van der Waals surface area (Å²) in [6.07, 6.45) is 13.7. The number of piperidine rings is 1. The van der Waals surface area contributed by atoms with Crippen LogP contribution >= 0.6 is 11.8 Å². The first-order valence-corrected chi connectivity index (χ1v) is 15.0. The standard InChI is InChI=1S/C19H29N3O4.C8H14S.C2H6/c1-14(2)26-13-21-9-6-16(7-10-21)11-18(23)22(12-19(24)25)17-5-4-8-20-15(17)3;1-7-3-5-8(9-2)6-4-7;1-2/h4-5,8,14,16H,6-7,9-13H2,1-3H3,(H,24,25);3,5,7-8H,4,6H2,1-2H3;1-2H3. The number of nitrogens with zero attached hydrogens (tertiary/aromatic N) is 3. The molecule has 8 heteroatoms. The Hall–Kier alpha value is -1.90. The van der Waals surface area contributed by atoms with Gasteiger partial charge in [-0.05, 0) is 76.7 Å². The minimum atomic E-state index is -1.03. The largest absolute Gasteiger partial charge is 0.480 e. The lowest BCUT2D eigenvalue weighted by Crippen LogP contribution is -2.40. The van der Waals surface area contributed by atoms with E-state index in [2.05, 4.69) is 35.2 Å². The van der Waals surface area contributed by atoms with Crippen molar-refractivity contribution < 1.29 is 19.4 Å². The predicted molar refractivity (Wildman–Crippen MR) is 155 cm³/mol. The summed E-state index contributed by atoms with van der Waals surface area (Å²) in [6.45, 7) is 14.2. The first-order valence-electron chi connectivity index (χ1n) is 13.7. The monoisotopic (exact) mass is 535 g/mol. The maximum absolute atomic E-state index is 12.8. The molecule has 1 N–H and O–H groups in total. The zero-order valence-electron chi connectivity index (χ0n) is 24.0. The molecule has 2 aliphatic rings. The molecule has 2 atom stereocenters. The fourth-order valence-electron chi connectivity index (χ4n) is 4.26. The lowest BCUT2D eigenvalue weighted by atomic mass is 9.93. The number of thioether (sulfide) groups is 1. The van der Waals surface area contributed by atoms with Crippen LogP contribution in [-0.2, 0) is 14.3 Å². The van der Waals surface area contributed by atoms with Gasteiger partial charge < -0.3 is 9.84 Å². The zero-order chi connectivity index (χ0) is 27.8. The number of rotatable bonds is 9. The molecule has 0 aromatic carbocycles. The number of ether oxygens (including phenoxy) is 1. The van der Waals surface area contributed by atoms with Crippen LogP contribution in [0.15, 0.2) is 30.5 Å². The van der Waals surface area contributed by atoms with E-state index in [0.29, 0.717) is 24.5 Å². The van der Waals surface area contributed by atoms with Crippen molar-refractivity contribution in [3.8, 4) is 0 Å². The number of amides is 1. The van der Waals surface area contributed by atoms with Crippen molar-refractivity contribution in [3.63, 3.8) is 0 Å². The van der Waals surface area contributed by atoms with Crippen LogP contribution in [0.5, 0.6) is 0 Å². The average Bonchev–Trinajstić information content (AvgIpc) is 2.89. The molecular formula is C29H49N3O4S. The van der Waals surface area contributed by atoms with Crippen molar-refractivity contribution in [1.82, 2.24) is 9.88 Å². The summed E-state index contributed by atoms with van der Waals surface area (Å²) in [4.78, 5) is 31.8. The highest BCUT2D eigenvalue weighted by Gasteiger charge is 2.26. The molecule has 2 heterocycles. The number of carboxylic acid groups (broad SMARTS) is 1. The number of aliphatic carboxylic acids is 1. The Balaban J connectivity index is 0.000000519. The number of carbonyl (C=O) groups is 2. The van der Waals surface area contributed by atoms with Crippen LogP contribution in [0.4, 0.5) is 5.69 Å². The van der Waals surface area contributed by atoms with Crippen molar-refractivity contribution in [3.05, 3.63) is 36.2 Å². The third kappa shape index (κ3) is 12.9. The summed E-state index contributed by atoms with van der Waals surface area (Å²) in [5.41, 5.74) is 1.23. The molecule has 3 rings (SSSR count). The molecule has 1 saturated heterocycles. The number of allylic oxidation sites excluding steroid dienone is 1. The van der Waals surface area contributed by atoms with Crippen molar-refractivity contribution in [2.45, 2.75) is 85.0 Å². The molecule has 1 amide bonds. The lowest BCUT2D eigenvalue weighted by Gasteiger charge is -2.33. The summed E-state index contributed by atoms with van der Waals surface area (Å²) >= 11 is 1.96. The Morgan fingerprint density at radius 1 is 1.19 bits per heavy atom. The van der Waals surface area contributed by atoms with Gasteiger partial charge in [0.25, 0.3) is 0 Å². The number of pyridine rings is 1. The van der Waals surface area contributed by atoms with Crippen molar-refractivity contribution in [2.75, 3.05) is 37.5 Å². The third-order valence-corrected chi connectivity index (χ3v) is 7.49. The highest BCUT2D eigenvalue weighted by Crippen LogP contribution is 2.25. The Kier molecular flexibility index (Phi) is 16.4. The van der Waals surface area contributed by atoms with Gasteiger partial charge in [-0.3, -0.25) is 24.4 Å². The number of hydrogen-bond acceptors (Lipinski definition) is 6. The number of carbonyl (C=O) groups excluding carboxylic acids is 1. The third-order valence-electron chi connectivity index (χ3n) is 6.49. The Bertz CT molecular complexity index is 825. The van der Waals surface area contributed by atoms with E-state index in [1.54, 1.807) is 25.3 Å². The molecule has 0 saturated carbocycles. The maximum atomic E-state index is 12.8. The summed E-state index contributed by atoms with van der Waals surface area (Å²) in [5.74, 6) is -0.0814. The summed E-state index contributed by atoms with van der Waals surface area (Å²) in [6, 6.07) is 3.46. The number of anilines is 1. The number of likely N-dealkylation sites (tertiary alicyclic amines) is 1. The first kappa shape index (κ1) is 33.1. The molecule has 1 aromatic heterocycles. The van der Waals surface area contributed by atoms with Gasteiger partial charge >= 0.3 is 5.97 Å². The van der Waals surface area contributed by atoms with Crippen molar-refractivity contribution in [1.29, 1.82) is 0 Å². The van der Waals surface area contributed by atoms with Gasteiger partial charge in [0.2, 0.25) is 5.91 Å². The maximum Gasteiger partial charge on any atom is 0.323 e. The second kappa shape index (κ2) is 18.4. The van der Waals surface area contributed by atoms with E-state index in [4.69, 9.17) is 4.74 Å². The zero-order valence-corrected chi connectivity index (χ0v) is 24.8. The van der Waals surface area contributed by atoms with Crippen molar-refractivity contribution >= 4 is 29.3 Å². The summed E-state index contributed by atoms with van der Waals surface area (Å²) in [7, 11) is 0. The Morgan fingerprint density at radius 2 is 1.86 bits per heavy atom. The number of hydrogen-bond donors (Lipinski definition) is 1. The molecular weight excluding hydrogens is 486 g/mol. The molecule has 0 spiro atoms. The molecule has 0 radical (unpaired) electrons. The Morgan fingerprint density at radius 3 is 2.38 bits per heavy atom. The van der Waals surface area contributed by atoms with Gasteiger partial charge in [-0.1, -0.05) is 32.9 Å². The van der Waals surface area contributed by atoms with Gasteiger partial charge in [0.1, 0.15) is 6.54 Å². The van der Waals surface area contributed by atoms with E-state index in [1.165, 1.54) is 17.7 Å². The van der Waals surface area contributed by atoms with E-state index in [9.17, 15) is 14.7 Å². The van der Waals surface area contributed by atoms with Gasteiger partial charge in [0.15, 0.2) is 0 Å². The highest BCUT2D eigenvalue weighted by molar-refractivity contribution is 7.99. The van der Waals surface area contributed by atoms with Crippen LogP contribution in [0.25, 0.3) is 0 Å². The van der Waals surface area contributed by atoms with Gasteiger partial charge in [-0.15, -0.1) is 0 Å². The summed E-state index contributed by atoms with van der Waals surface area (Å²) in [5, 5.41) is 10.0. The fraction of sp³-hybridized carbons (Fsp3) is 0.690. The molecule has 2 unspecified atom stereocenters. The molecule has 0 bridgehead atoms. The van der Waals surface area contributed by atoms with E-state index < -0.39 is 5.97 Å². The molecule has 1 fully saturated rings. The predicted octanol–water partition coefficient (Wildman–Crippen LogP) is 6.02. The lowest BCUT2D eigenvalue weighted by molar-refractivity contribution is -0.136. The minimum absolute atomic E-state index is 0.152. The fourth-order valence-corrected chi connectivity index (χ4v) is 4.88. The molecule has 1 aliphatic heterocycles. The SMILES string of the molecule is CC.CSC1C=CC(C)CC1.Cc1ncccc1N(CC(=O)O)C(=O)CC1CCN(COC(C)C)CC1. The van der Waals surface area contributed by atoms with Crippen LogP contribution in [0.1, 0.15) is 72.4 Å². The van der Waals surface area contributed by atoms with Gasteiger partial charge in [0, 0.05) is 31.0 Å². The van der Waals surface area contributed by atoms with E-state index in [0.717, 1.165) is 37.1 Å². The normalized spacial score (nSPS) is 19.9. The van der Waals surface area contributed by atoms with E-state index in [-0.39, 0.29) is 24.5 Å². The number of carboxylic acids is 1. The van der Waals surface area contributed by atoms with Crippen LogP contribution in [0.3, 0.4) is 0 Å². The highest BCUT2D eigenvalue weighted by atomic mass is 32.2. The van der Waals surface area contributed by atoms with Crippen LogP contribution < -0.4 is 4.90 Å². The van der Waals surface area contributed by atoms with Crippen LogP contribution in [0, 0.1) is 18.8 Å². The van der Waals surface area contributed by atoms with E-state index >= 15 is 0 Å². The minimum Gasteiger partial charge on any atom is -0.480 e.